The molecule has 0 unspecified atom stereocenters. The fourth-order valence-electron chi connectivity index (χ4n) is 1.16. The Balaban J connectivity index is 2.79. The third kappa shape index (κ3) is 3.03. The highest BCUT2D eigenvalue weighted by Crippen LogP contribution is 2.29. The van der Waals surface area contributed by atoms with Crippen LogP contribution in [-0.2, 0) is 12.7 Å². The van der Waals surface area contributed by atoms with Crippen molar-refractivity contribution >= 4 is 0 Å². The van der Waals surface area contributed by atoms with Gasteiger partial charge in [-0.3, -0.25) is 0 Å². The molecular weight excluding hydrogens is 191 g/mol. The molecule has 0 heterocycles. The number of hydrogen-bond donors (Lipinski definition) is 0. The minimum atomic E-state index is -4.24. The smallest absolute Gasteiger partial charge is 0.305 e. The lowest BCUT2D eigenvalue weighted by atomic mass is 10.1. The molecule has 0 bridgehead atoms. The van der Waals surface area contributed by atoms with Crippen molar-refractivity contribution in [3.8, 4) is 0 Å². The van der Waals surface area contributed by atoms with Gasteiger partial charge in [-0.05, 0) is 31.8 Å². The van der Waals surface area contributed by atoms with Crippen LogP contribution in [0.4, 0.5) is 13.2 Å². The Morgan fingerprint density at radius 2 is 1.57 bits per heavy atom. The van der Waals surface area contributed by atoms with Gasteiger partial charge in [0, 0.05) is 6.54 Å². The van der Waals surface area contributed by atoms with Crippen molar-refractivity contribution in [3.63, 3.8) is 0 Å². The van der Waals surface area contributed by atoms with E-state index < -0.39 is 11.7 Å². The van der Waals surface area contributed by atoms with Crippen LogP contribution in [0, 0.1) is 0 Å². The largest absolute Gasteiger partial charge is 0.416 e. The molecule has 1 aromatic rings. The lowest BCUT2D eigenvalue weighted by Crippen LogP contribution is -2.11. The van der Waals surface area contributed by atoms with Crippen molar-refractivity contribution in [2.75, 3.05) is 14.1 Å². The molecule has 0 fully saturated rings. The Hall–Kier alpha value is -1.03. The number of halogens is 3. The van der Waals surface area contributed by atoms with Crippen LogP contribution in [-0.4, -0.2) is 19.0 Å². The third-order valence-electron chi connectivity index (χ3n) is 1.78. The van der Waals surface area contributed by atoms with Gasteiger partial charge in [-0.2, -0.15) is 13.2 Å². The van der Waals surface area contributed by atoms with Gasteiger partial charge in [0.05, 0.1) is 5.56 Å². The summed E-state index contributed by atoms with van der Waals surface area (Å²) in [5.41, 5.74) is 0.281. The van der Waals surface area contributed by atoms with Crippen molar-refractivity contribution in [2.45, 2.75) is 12.7 Å². The van der Waals surface area contributed by atoms with Crippen molar-refractivity contribution in [1.82, 2.24) is 4.90 Å². The molecular formula is C10H12F3N. The van der Waals surface area contributed by atoms with Gasteiger partial charge in [0.1, 0.15) is 0 Å². The second-order valence-corrected chi connectivity index (χ2v) is 3.43. The molecule has 0 saturated carbocycles. The molecule has 0 saturated heterocycles. The lowest BCUT2D eigenvalue weighted by molar-refractivity contribution is -0.137. The molecule has 0 aliphatic carbocycles. The van der Waals surface area contributed by atoms with Gasteiger partial charge in [0.2, 0.25) is 0 Å². The number of hydrogen-bond acceptors (Lipinski definition) is 1. The van der Waals surface area contributed by atoms with Crippen LogP contribution in [0.15, 0.2) is 24.3 Å². The summed E-state index contributed by atoms with van der Waals surface area (Å²) in [6, 6.07) is 5.23. The van der Waals surface area contributed by atoms with E-state index in [1.165, 1.54) is 12.1 Å². The van der Waals surface area contributed by atoms with Crippen LogP contribution in [0.1, 0.15) is 11.1 Å². The molecule has 1 nitrogen and oxygen atoms in total. The monoisotopic (exact) mass is 203 g/mol. The number of benzene rings is 1. The third-order valence-corrected chi connectivity index (χ3v) is 1.78. The second kappa shape index (κ2) is 4.00. The van der Waals surface area contributed by atoms with Crippen molar-refractivity contribution in [1.29, 1.82) is 0 Å². The molecule has 0 radical (unpaired) electrons. The summed E-state index contributed by atoms with van der Waals surface area (Å²) in [4.78, 5) is 1.91. The van der Waals surface area contributed by atoms with E-state index in [0.717, 1.165) is 17.7 Å². The first-order valence-corrected chi connectivity index (χ1v) is 4.20. The van der Waals surface area contributed by atoms with E-state index in [-0.39, 0.29) is 0 Å². The zero-order valence-corrected chi connectivity index (χ0v) is 8.10. The normalized spacial score (nSPS) is 12.1. The van der Waals surface area contributed by atoms with Gasteiger partial charge in [-0.25, -0.2) is 0 Å². The molecule has 1 rings (SSSR count). The molecule has 0 amide bonds. The average Bonchev–Trinajstić information content (AvgIpc) is 2.02. The highest BCUT2D eigenvalue weighted by atomic mass is 19.4. The standard InChI is InChI=1S/C10H12F3N/c1-14(2)7-8-3-5-9(6-4-8)10(11,12)13/h3-6H,7H2,1-2H3. The van der Waals surface area contributed by atoms with Crippen LogP contribution >= 0.6 is 0 Å². The maximum absolute atomic E-state index is 12.2. The zero-order chi connectivity index (χ0) is 10.8. The molecule has 0 aliphatic heterocycles. The topological polar surface area (TPSA) is 3.24 Å². The maximum atomic E-state index is 12.2. The minimum absolute atomic E-state index is 0.597. The number of nitrogens with zero attached hydrogens (tertiary/aromatic N) is 1. The summed E-state index contributed by atoms with van der Waals surface area (Å²) in [5, 5.41) is 0. The highest BCUT2D eigenvalue weighted by molar-refractivity contribution is 5.24. The first-order chi connectivity index (χ1) is 6.39. The summed E-state index contributed by atoms with van der Waals surface area (Å²) >= 11 is 0. The van der Waals surface area contributed by atoms with Crippen molar-refractivity contribution in [2.24, 2.45) is 0 Å². The summed E-state index contributed by atoms with van der Waals surface area (Å²) in [6.07, 6.45) is -4.24. The quantitative estimate of drug-likeness (QED) is 0.714. The fraction of sp³-hybridized carbons (Fsp3) is 0.400. The molecule has 0 aliphatic rings. The molecule has 0 atom stereocenters. The van der Waals surface area contributed by atoms with E-state index in [0.29, 0.717) is 6.54 Å². The van der Waals surface area contributed by atoms with E-state index in [4.69, 9.17) is 0 Å². The van der Waals surface area contributed by atoms with Crippen LogP contribution in [0.3, 0.4) is 0 Å². The predicted octanol–water partition coefficient (Wildman–Crippen LogP) is 2.77. The van der Waals surface area contributed by atoms with E-state index in [1.54, 1.807) is 0 Å². The second-order valence-electron chi connectivity index (χ2n) is 3.43. The van der Waals surface area contributed by atoms with Crippen LogP contribution in [0.5, 0.6) is 0 Å². The molecule has 1 aromatic carbocycles. The van der Waals surface area contributed by atoms with Crippen LogP contribution < -0.4 is 0 Å². The van der Waals surface area contributed by atoms with Gasteiger partial charge >= 0.3 is 6.18 Å². The molecule has 14 heavy (non-hydrogen) atoms. The van der Waals surface area contributed by atoms with Gasteiger partial charge in [0.25, 0.3) is 0 Å². The van der Waals surface area contributed by atoms with E-state index in [2.05, 4.69) is 0 Å². The van der Waals surface area contributed by atoms with Crippen molar-refractivity contribution < 1.29 is 13.2 Å². The maximum Gasteiger partial charge on any atom is 0.416 e. The molecule has 0 N–H and O–H groups in total. The Morgan fingerprint density at radius 3 is 1.93 bits per heavy atom. The molecule has 0 spiro atoms. The Morgan fingerprint density at radius 1 is 1.07 bits per heavy atom. The minimum Gasteiger partial charge on any atom is -0.305 e. The Labute approximate surface area is 81.1 Å². The van der Waals surface area contributed by atoms with Crippen LogP contribution in [0.2, 0.25) is 0 Å². The summed E-state index contributed by atoms with van der Waals surface area (Å²) in [7, 11) is 3.75. The van der Waals surface area contributed by atoms with Gasteiger partial charge in [-0.15, -0.1) is 0 Å². The van der Waals surface area contributed by atoms with Crippen molar-refractivity contribution in [3.05, 3.63) is 35.4 Å². The van der Waals surface area contributed by atoms with Crippen LogP contribution in [0.25, 0.3) is 0 Å². The number of rotatable bonds is 2. The fourth-order valence-corrected chi connectivity index (χ4v) is 1.16. The first kappa shape index (κ1) is 11.0. The summed E-state index contributed by atoms with van der Waals surface area (Å²) in [6.45, 7) is 0.651. The molecule has 4 heteroatoms. The predicted molar refractivity (Wildman–Crippen MR) is 48.8 cm³/mol. The molecule has 0 aromatic heterocycles. The van der Waals surface area contributed by atoms with Gasteiger partial charge < -0.3 is 4.90 Å². The van der Waals surface area contributed by atoms with E-state index in [1.807, 2.05) is 19.0 Å². The summed E-state index contributed by atoms with van der Waals surface area (Å²) < 4.78 is 36.5. The van der Waals surface area contributed by atoms with Gasteiger partial charge in [-0.1, -0.05) is 12.1 Å². The average molecular weight is 203 g/mol. The Bertz CT molecular complexity index is 287. The van der Waals surface area contributed by atoms with E-state index in [9.17, 15) is 13.2 Å². The number of alkyl halides is 3. The lowest BCUT2D eigenvalue weighted by Gasteiger charge is -2.11. The van der Waals surface area contributed by atoms with E-state index >= 15 is 0 Å². The van der Waals surface area contributed by atoms with Gasteiger partial charge in [0.15, 0.2) is 0 Å². The SMILES string of the molecule is CN(C)Cc1ccc(C(F)(F)F)cc1. The summed E-state index contributed by atoms with van der Waals surface area (Å²) in [5.74, 6) is 0. The zero-order valence-electron chi connectivity index (χ0n) is 8.10. The highest BCUT2D eigenvalue weighted by Gasteiger charge is 2.29. The molecule has 78 valence electrons. The Kier molecular flexibility index (Phi) is 3.16. The first-order valence-electron chi connectivity index (χ1n) is 4.20.